The van der Waals surface area contributed by atoms with Gasteiger partial charge in [0.2, 0.25) is 0 Å². The molecular weight excluding hydrogens is 374 g/mol. The van der Waals surface area contributed by atoms with Crippen molar-refractivity contribution in [2.24, 2.45) is 0 Å². The van der Waals surface area contributed by atoms with Crippen LogP contribution in [0.1, 0.15) is 60.3 Å². The molecule has 1 unspecified atom stereocenters. The van der Waals surface area contributed by atoms with E-state index in [4.69, 9.17) is 9.47 Å². The number of carbonyl (C=O) groups excluding carboxylic acids is 1. The number of rotatable bonds is 8. The zero-order valence-electron chi connectivity index (χ0n) is 18.2. The average Bonchev–Trinajstić information content (AvgIpc) is 2.59. The van der Waals surface area contributed by atoms with E-state index < -0.39 is 0 Å². The molecule has 0 N–H and O–H groups in total. The predicted molar refractivity (Wildman–Crippen MR) is 127 cm³/mol. The second kappa shape index (κ2) is 11.3. The Morgan fingerprint density at radius 3 is 2.10 bits per heavy atom. The van der Waals surface area contributed by atoms with E-state index in [9.17, 15) is 4.79 Å². The van der Waals surface area contributed by atoms with E-state index in [2.05, 4.69) is 32.9 Å². The Bertz CT molecular complexity index is 817. The van der Waals surface area contributed by atoms with Gasteiger partial charge in [0.05, 0.1) is 6.61 Å². The molecule has 2 aromatic rings. The third-order valence-corrected chi connectivity index (χ3v) is 6.08. The first kappa shape index (κ1) is 25.9. The van der Waals surface area contributed by atoms with Gasteiger partial charge in [0.15, 0.2) is 5.52 Å². The molecule has 1 atom stereocenters. The summed E-state index contributed by atoms with van der Waals surface area (Å²) in [6.07, 6.45) is 0. The second-order valence-electron chi connectivity index (χ2n) is 8.21. The van der Waals surface area contributed by atoms with Crippen LogP contribution in [-0.2, 0) is 10.2 Å². The van der Waals surface area contributed by atoms with Crippen molar-refractivity contribution in [3.8, 4) is 5.75 Å². The van der Waals surface area contributed by atoms with E-state index in [1.165, 1.54) is 5.56 Å². The molecule has 3 nitrogen and oxygen atoms in total. The van der Waals surface area contributed by atoms with Gasteiger partial charge in [-0.3, -0.25) is 4.79 Å². The minimum absolute atomic E-state index is 0. The van der Waals surface area contributed by atoms with Crippen molar-refractivity contribution in [3.63, 3.8) is 0 Å². The first-order valence-electron chi connectivity index (χ1n) is 9.87. The van der Waals surface area contributed by atoms with E-state index in [-0.39, 0.29) is 38.4 Å². The number of hydrogen-bond acceptors (Lipinski definition) is 3. The third-order valence-electron chi connectivity index (χ3n) is 4.77. The van der Waals surface area contributed by atoms with Gasteiger partial charge in [-0.15, -0.1) is 0 Å². The summed E-state index contributed by atoms with van der Waals surface area (Å²) in [6.45, 7) is 16.5. The summed E-state index contributed by atoms with van der Waals surface area (Å²) in [5.74, 6) is 0.820. The second-order valence-corrected chi connectivity index (χ2v) is 9.45. The number of aryl methyl sites for hydroxylation is 3. The summed E-state index contributed by atoms with van der Waals surface area (Å²) in [6, 6.07) is 10.3. The molecule has 0 heterocycles. The summed E-state index contributed by atoms with van der Waals surface area (Å²) in [5.41, 5.74) is 5.63. The van der Waals surface area contributed by atoms with Gasteiger partial charge in [-0.2, -0.15) is 0 Å². The average molecular weight is 408 g/mol. The van der Waals surface area contributed by atoms with Crippen LogP contribution in [0.4, 0.5) is 0 Å². The van der Waals surface area contributed by atoms with Gasteiger partial charge in [-0.25, -0.2) is 0 Å². The van der Waals surface area contributed by atoms with E-state index in [0.717, 1.165) is 33.3 Å². The molecule has 0 radical (unpaired) electrons. The van der Waals surface area contributed by atoms with Gasteiger partial charge in [0, 0.05) is 12.2 Å². The Kier molecular flexibility index (Phi) is 10.1. The molecule has 0 fully saturated rings. The summed E-state index contributed by atoms with van der Waals surface area (Å²) in [4.78, 5) is 13.1. The molecule has 0 amide bonds. The van der Waals surface area contributed by atoms with Crippen LogP contribution in [0, 0.1) is 20.8 Å². The van der Waals surface area contributed by atoms with Crippen LogP contribution in [0.15, 0.2) is 30.3 Å². The van der Waals surface area contributed by atoms with Crippen molar-refractivity contribution in [1.29, 1.82) is 0 Å². The van der Waals surface area contributed by atoms with E-state index >= 15 is 0 Å². The van der Waals surface area contributed by atoms with Crippen LogP contribution in [-0.4, -0.2) is 44.2 Å². The van der Waals surface area contributed by atoms with Gasteiger partial charge in [-0.05, 0) is 81.4 Å². The van der Waals surface area contributed by atoms with Gasteiger partial charge in [0.1, 0.15) is 12.4 Å². The topological polar surface area (TPSA) is 35.5 Å². The van der Waals surface area contributed by atoms with Crippen LogP contribution in [0.5, 0.6) is 5.75 Å². The predicted octanol–water partition coefficient (Wildman–Crippen LogP) is 4.82. The normalized spacial score (nSPS) is 11.6. The van der Waals surface area contributed by atoms with Crippen molar-refractivity contribution in [1.82, 2.24) is 0 Å². The van der Waals surface area contributed by atoms with Crippen LogP contribution in [0.25, 0.3) is 0 Å². The molecule has 2 aromatic carbocycles. The number of ether oxygens (including phenoxy) is 2. The molecule has 0 aliphatic rings. The van der Waals surface area contributed by atoms with Crippen LogP contribution in [0.2, 0.25) is 0 Å². The van der Waals surface area contributed by atoms with Gasteiger partial charge in [0.25, 0.3) is 0 Å². The van der Waals surface area contributed by atoms with E-state index in [1.807, 2.05) is 45.9 Å². The van der Waals surface area contributed by atoms with Crippen molar-refractivity contribution in [3.05, 3.63) is 58.1 Å². The van der Waals surface area contributed by atoms with E-state index in [0.29, 0.717) is 19.8 Å². The quantitative estimate of drug-likeness (QED) is 0.357. The zero-order chi connectivity index (χ0) is 20.9. The Labute approximate surface area is 189 Å². The fourth-order valence-electron chi connectivity index (χ4n) is 3.17. The van der Waals surface area contributed by atoms with Crippen molar-refractivity contribution < 1.29 is 14.3 Å². The number of benzene rings is 2. The minimum atomic E-state index is 0. The zero-order valence-corrected chi connectivity index (χ0v) is 19.2. The molecule has 2 rings (SSSR count). The molecule has 0 saturated carbocycles. The van der Waals surface area contributed by atoms with Crippen LogP contribution in [0.3, 0.4) is 0 Å². The summed E-state index contributed by atoms with van der Waals surface area (Å²) in [7, 11) is 0.110. The Hall–Kier alpha value is -1.10. The Morgan fingerprint density at radius 2 is 1.59 bits per heavy atom. The fraction of sp³-hybridized carbons (Fsp3) is 0.458. The monoisotopic (exact) mass is 408 g/mol. The molecule has 0 saturated heterocycles. The molecule has 0 spiro atoms. The molecule has 5 heteroatoms. The summed E-state index contributed by atoms with van der Waals surface area (Å²) >= 11 is 0. The molecule has 154 valence electrons. The fourth-order valence-corrected chi connectivity index (χ4v) is 4.37. The molecule has 29 heavy (non-hydrogen) atoms. The third kappa shape index (κ3) is 7.27. The molecular formula is C24H34LiO3P. The van der Waals surface area contributed by atoms with Crippen molar-refractivity contribution >= 4 is 38.3 Å². The van der Waals surface area contributed by atoms with Gasteiger partial charge < -0.3 is 9.47 Å². The van der Waals surface area contributed by atoms with Gasteiger partial charge in [-0.1, -0.05) is 39.0 Å². The number of carbonyl (C=O) groups is 1. The molecule has 0 aliphatic carbocycles. The number of hydrogen-bond donors (Lipinski definition) is 0. The first-order valence-corrected chi connectivity index (χ1v) is 10.9. The van der Waals surface area contributed by atoms with Crippen molar-refractivity contribution in [2.75, 3.05) is 19.8 Å². The van der Waals surface area contributed by atoms with Crippen LogP contribution < -0.4 is 10.0 Å². The Morgan fingerprint density at radius 1 is 0.966 bits per heavy atom. The molecule has 0 bridgehead atoms. The standard InChI is InChI=1S/C24H33O3P.Li.H/c1-8-26-11-12-27-20-9-10-21(16(2)15-20)28-23(25)22-17(3)13-19(14-18(22)4)24(5,6)7;;/h9-10,13-15,28H,8,11-12H2,1-7H3;;. The molecule has 0 aliphatic heterocycles. The van der Waals surface area contributed by atoms with E-state index in [1.54, 1.807) is 0 Å². The Balaban J connectivity index is 0.00000420. The maximum atomic E-state index is 13.1. The maximum absolute atomic E-state index is 13.1. The SMILES string of the molecule is CCOCCOc1ccc(PC(=O)c2c(C)cc(C(C)(C)C)cc2C)c(C)c1.[LiH]. The first-order chi connectivity index (χ1) is 13.1. The van der Waals surface area contributed by atoms with Crippen LogP contribution >= 0.6 is 8.58 Å². The summed E-state index contributed by atoms with van der Waals surface area (Å²) in [5, 5.41) is 1.07. The summed E-state index contributed by atoms with van der Waals surface area (Å²) < 4.78 is 11.0. The van der Waals surface area contributed by atoms with Gasteiger partial charge >= 0.3 is 18.9 Å². The van der Waals surface area contributed by atoms with Crippen molar-refractivity contribution in [2.45, 2.75) is 53.9 Å². The molecule has 0 aromatic heterocycles.